The van der Waals surface area contributed by atoms with Gasteiger partial charge in [-0.05, 0) is 0 Å². The molecule has 0 aromatic carbocycles. The zero-order valence-electron chi connectivity index (χ0n) is 5.89. The third kappa shape index (κ3) is 1.41. The van der Waals surface area contributed by atoms with Crippen LogP contribution >= 0.6 is 0 Å². The van der Waals surface area contributed by atoms with E-state index in [1.54, 1.807) is 0 Å². The Hall–Kier alpha value is -1.46. The maximum Gasteiger partial charge on any atom is 0.282 e. The first-order valence-corrected chi connectivity index (χ1v) is 3.02. The first kappa shape index (κ1) is 8.63. The fourth-order valence-corrected chi connectivity index (χ4v) is 0.707. The summed E-state index contributed by atoms with van der Waals surface area (Å²) in [5.74, 6) is -1.46. The number of anilines is 2. The first-order valence-electron chi connectivity index (χ1n) is 3.02. The van der Waals surface area contributed by atoms with Crippen molar-refractivity contribution in [3.8, 4) is 0 Å². The minimum Gasteiger partial charge on any atom is -0.397 e. The molecule has 0 aliphatic heterocycles. The molecule has 0 amide bonds. The number of alkyl halides is 2. The third-order valence-electron chi connectivity index (χ3n) is 1.27. The summed E-state index contributed by atoms with van der Waals surface area (Å²) in [4.78, 5) is 3.10. The van der Waals surface area contributed by atoms with Gasteiger partial charge in [-0.25, -0.2) is 18.2 Å². The smallest absolute Gasteiger partial charge is 0.282 e. The van der Waals surface area contributed by atoms with Crippen molar-refractivity contribution >= 4 is 11.5 Å². The number of nitrogens with zero attached hydrogens (tertiary/aromatic N) is 1. The van der Waals surface area contributed by atoms with Crippen LogP contribution in [0.15, 0.2) is 6.07 Å². The molecule has 0 unspecified atom stereocenters. The van der Waals surface area contributed by atoms with Crippen molar-refractivity contribution in [3.05, 3.63) is 17.6 Å². The molecule has 0 bridgehead atoms. The fraction of sp³-hybridized carbons (Fsp3) is 0.167. The molecule has 0 aliphatic rings. The second-order valence-electron chi connectivity index (χ2n) is 2.13. The number of aromatic nitrogens is 1. The average Bonchev–Trinajstić information content (AvgIpc) is 1.96. The zero-order chi connectivity index (χ0) is 9.30. The van der Waals surface area contributed by atoms with E-state index in [-0.39, 0.29) is 0 Å². The summed E-state index contributed by atoms with van der Waals surface area (Å²) in [6.07, 6.45) is -2.84. The van der Waals surface area contributed by atoms with Crippen molar-refractivity contribution in [2.75, 3.05) is 11.5 Å². The number of nitrogens with two attached hydrogens (primary N) is 2. The molecule has 0 spiro atoms. The summed E-state index contributed by atoms with van der Waals surface area (Å²) >= 11 is 0. The highest BCUT2D eigenvalue weighted by molar-refractivity contribution is 5.49. The Morgan fingerprint density at radius 1 is 1.33 bits per heavy atom. The van der Waals surface area contributed by atoms with Crippen molar-refractivity contribution in [1.82, 2.24) is 4.98 Å². The van der Waals surface area contributed by atoms with Gasteiger partial charge in [0.05, 0.1) is 5.69 Å². The van der Waals surface area contributed by atoms with Crippen LogP contribution in [0.25, 0.3) is 0 Å². The molecule has 1 aromatic rings. The van der Waals surface area contributed by atoms with Gasteiger partial charge >= 0.3 is 0 Å². The summed E-state index contributed by atoms with van der Waals surface area (Å²) in [5, 5.41) is 0. The number of hydrogen-bond donors (Lipinski definition) is 2. The highest BCUT2D eigenvalue weighted by Crippen LogP contribution is 2.24. The normalized spacial score (nSPS) is 10.7. The second-order valence-corrected chi connectivity index (χ2v) is 2.13. The first-order chi connectivity index (χ1) is 5.52. The topological polar surface area (TPSA) is 64.9 Å². The molecule has 3 nitrogen and oxygen atoms in total. The van der Waals surface area contributed by atoms with Crippen molar-refractivity contribution in [2.45, 2.75) is 6.43 Å². The highest BCUT2D eigenvalue weighted by Gasteiger charge is 2.15. The van der Waals surface area contributed by atoms with Crippen molar-refractivity contribution in [1.29, 1.82) is 0 Å². The lowest BCUT2D eigenvalue weighted by molar-refractivity contribution is 0.147. The molecule has 0 atom stereocenters. The Labute approximate surface area is 66.2 Å². The van der Waals surface area contributed by atoms with Gasteiger partial charge in [0.25, 0.3) is 6.43 Å². The average molecular weight is 177 g/mol. The van der Waals surface area contributed by atoms with E-state index in [9.17, 15) is 13.2 Å². The Kier molecular flexibility index (Phi) is 2.07. The third-order valence-corrected chi connectivity index (χ3v) is 1.27. The number of hydrogen-bond acceptors (Lipinski definition) is 3. The molecule has 0 saturated heterocycles. The second kappa shape index (κ2) is 2.88. The van der Waals surface area contributed by atoms with Crippen LogP contribution in [0.5, 0.6) is 0 Å². The summed E-state index contributed by atoms with van der Waals surface area (Å²) in [6.45, 7) is 0. The number of rotatable bonds is 1. The molecule has 6 heteroatoms. The van der Waals surface area contributed by atoms with E-state index >= 15 is 0 Å². The molecule has 0 fully saturated rings. The van der Waals surface area contributed by atoms with Gasteiger partial charge in [-0.3, -0.25) is 0 Å². The Bertz CT molecular complexity index is 300. The molecular formula is C6H6F3N3. The van der Waals surface area contributed by atoms with Gasteiger partial charge in [-0.1, -0.05) is 0 Å². The Morgan fingerprint density at radius 3 is 2.42 bits per heavy atom. The van der Waals surface area contributed by atoms with Crippen LogP contribution in [0.1, 0.15) is 12.1 Å². The highest BCUT2D eigenvalue weighted by atomic mass is 19.3. The van der Waals surface area contributed by atoms with Crippen molar-refractivity contribution < 1.29 is 13.2 Å². The molecule has 4 N–H and O–H groups in total. The largest absolute Gasteiger partial charge is 0.397 e. The van der Waals surface area contributed by atoms with Crippen LogP contribution in [0.4, 0.5) is 24.7 Å². The monoisotopic (exact) mass is 177 g/mol. The summed E-state index contributed by atoms with van der Waals surface area (Å²) in [7, 11) is 0. The zero-order valence-corrected chi connectivity index (χ0v) is 5.89. The summed E-state index contributed by atoms with van der Waals surface area (Å²) in [5.41, 5.74) is 8.93. The quantitative estimate of drug-likeness (QED) is 0.679. The van der Waals surface area contributed by atoms with E-state index < -0.39 is 29.4 Å². The number of nitrogen functional groups attached to an aromatic ring is 2. The molecule has 12 heavy (non-hydrogen) atoms. The van der Waals surface area contributed by atoms with Crippen LogP contribution in [0.2, 0.25) is 0 Å². The van der Waals surface area contributed by atoms with E-state index in [0.29, 0.717) is 0 Å². The van der Waals surface area contributed by atoms with Gasteiger partial charge in [0.1, 0.15) is 5.69 Å². The minimum atomic E-state index is -2.84. The minimum absolute atomic E-state index is 0.392. The van der Waals surface area contributed by atoms with E-state index in [1.165, 1.54) is 0 Å². The molecule has 1 rings (SSSR count). The van der Waals surface area contributed by atoms with E-state index in [0.717, 1.165) is 6.07 Å². The predicted molar refractivity (Wildman–Crippen MR) is 38.0 cm³/mol. The van der Waals surface area contributed by atoms with Crippen LogP contribution < -0.4 is 11.5 Å². The number of halogens is 3. The Balaban J connectivity index is 3.23. The molecular weight excluding hydrogens is 171 g/mol. The Morgan fingerprint density at radius 2 is 1.92 bits per heavy atom. The predicted octanol–water partition coefficient (Wildman–Crippen LogP) is 1.32. The SMILES string of the molecule is Nc1cc(F)c(N)nc1C(F)F. The lowest BCUT2D eigenvalue weighted by atomic mass is 10.3. The van der Waals surface area contributed by atoms with Gasteiger partial charge in [0, 0.05) is 6.07 Å². The van der Waals surface area contributed by atoms with Gasteiger partial charge < -0.3 is 11.5 Å². The molecule has 0 radical (unpaired) electrons. The lowest BCUT2D eigenvalue weighted by Gasteiger charge is -2.04. The van der Waals surface area contributed by atoms with Crippen molar-refractivity contribution in [3.63, 3.8) is 0 Å². The number of pyridine rings is 1. The lowest BCUT2D eigenvalue weighted by Crippen LogP contribution is -2.04. The van der Waals surface area contributed by atoms with Crippen LogP contribution in [-0.4, -0.2) is 4.98 Å². The van der Waals surface area contributed by atoms with Crippen LogP contribution in [0, 0.1) is 5.82 Å². The standard InChI is InChI=1S/C6H6F3N3/c7-2-1-3(10)4(5(8)9)12-6(2)11/h1,5H,10H2,(H2,11,12). The van der Waals surface area contributed by atoms with E-state index in [2.05, 4.69) is 4.98 Å². The summed E-state index contributed by atoms with van der Waals surface area (Å²) in [6, 6.07) is 0.726. The van der Waals surface area contributed by atoms with Crippen molar-refractivity contribution in [2.24, 2.45) is 0 Å². The van der Waals surface area contributed by atoms with Crippen LogP contribution in [0.3, 0.4) is 0 Å². The van der Waals surface area contributed by atoms with Gasteiger partial charge in [0.2, 0.25) is 0 Å². The molecule has 1 aromatic heterocycles. The molecule has 66 valence electrons. The molecule has 0 saturated carbocycles. The molecule has 0 aliphatic carbocycles. The van der Waals surface area contributed by atoms with E-state index in [1.807, 2.05) is 0 Å². The summed E-state index contributed by atoms with van der Waals surface area (Å²) < 4.78 is 36.5. The maximum atomic E-state index is 12.5. The fourth-order valence-electron chi connectivity index (χ4n) is 0.707. The van der Waals surface area contributed by atoms with E-state index in [4.69, 9.17) is 11.5 Å². The molecule has 1 heterocycles. The van der Waals surface area contributed by atoms with Gasteiger partial charge in [-0.2, -0.15) is 0 Å². The van der Waals surface area contributed by atoms with Gasteiger partial charge in [0.15, 0.2) is 11.6 Å². The van der Waals surface area contributed by atoms with Crippen LogP contribution in [-0.2, 0) is 0 Å². The maximum absolute atomic E-state index is 12.5. The van der Waals surface area contributed by atoms with Gasteiger partial charge in [-0.15, -0.1) is 0 Å².